The van der Waals surface area contributed by atoms with Crippen molar-refractivity contribution in [2.24, 2.45) is 0 Å². The first-order chi connectivity index (χ1) is 7.66. The minimum absolute atomic E-state index is 0.0980. The molecule has 5 heteroatoms. The van der Waals surface area contributed by atoms with E-state index in [-0.39, 0.29) is 5.56 Å². The molecule has 0 amide bonds. The van der Waals surface area contributed by atoms with Gasteiger partial charge in [-0.2, -0.15) is 0 Å². The molecule has 16 heavy (non-hydrogen) atoms. The molecule has 0 atom stereocenters. The zero-order valence-corrected chi connectivity index (χ0v) is 8.92. The Morgan fingerprint density at radius 2 is 2.06 bits per heavy atom. The minimum atomic E-state index is -0.0980. The molecule has 0 radical (unpaired) electrons. The molecule has 0 unspecified atom stereocenters. The Morgan fingerprint density at radius 1 is 1.38 bits per heavy atom. The van der Waals surface area contributed by atoms with Gasteiger partial charge >= 0.3 is 0 Å². The summed E-state index contributed by atoms with van der Waals surface area (Å²) in [5.74, 6) is 0.591. The maximum absolute atomic E-state index is 11.6. The van der Waals surface area contributed by atoms with Crippen molar-refractivity contribution in [2.45, 2.75) is 13.5 Å². The Hall–Kier alpha value is -2.17. The number of anilines is 1. The van der Waals surface area contributed by atoms with Crippen LogP contribution in [0.5, 0.6) is 0 Å². The third-order valence-corrected chi connectivity index (χ3v) is 2.30. The van der Waals surface area contributed by atoms with Gasteiger partial charge in [-0.1, -0.05) is 0 Å². The van der Waals surface area contributed by atoms with Gasteiger partial charge in [-0.05, 0) is 18.6 Å². The Balaban J connectivity index is 2.36. The number of rotatable bonds is 2. The predicted molar refractivity (Wildman–Crippen MR) is 61.0 cm³/mol. The minimum Gasteiger partial charge on any atom is -0.397 e. The Bertz CT molecular complexity index is 548. The maximum Gasteiger partial charge on any atom is 0.251 e. The number of hydrogen-bond acceptors (Lipinski definition) is 4. The molecule has 2 aromatic rings. The second-order valence-electron chi connectivity index (χ2n) is 3.54. The lowest BCUT2D eigenvalue weighted by Gasteiger charge is -2.06. The van der Waals surface area contributed by atoms with E-state index >= 15 is 0 Å². The van der Waals surface area contributed by atoms with Crippen LogP contribution in [0.4, 0.5) is 5.69 Å². The van der Waals surface area contributed by atoms with Crippen LogP contribution in [0.1, 0.15) is 11.4 Å². The summed E-state index contributed by atoms with van der Waals surface area (Å²) in [5.41, 5.74) is 7.02. The molecule has 2 heterocycles. The lowest BCUT2D eigenvalue weighted by Crippen LogP contribution is -2.21. The van der Waals surface area contributed by atoms with Gasteiger partial charge < -0.3 is 10.3 Å². The molecule has 2 N–H and O–H groups in total. The monoisotopic (exact) mass is 216 g/mol. The van der Waals surface area contributed by atoms with Crippen molar-refractivity contribution in [2.75, 3.05) is 5.73 Å². The van der Waals surface area contributed by atoms with E-state index in [9.17, 15) is 4.79 Å². The first-order valence-electron chi connectivity index (χ1n) is 4.89. The number of nitrogen functional groups attached to an aromatic ring is 1. The van der Waals surface area contributed by atoms with Gasteiger partial charge in [0.25, 0.3) is 5.56 Å². The molecule has 5 nitrogen and oxygen atoms in total. The lowest BCUT2D eigenvalue weighted by molar-refractivity contribution is 0.714. The zero-order chi connectivity index (χ0) is 11.5. The summed E-state index contributed by atoms with van der Waals surface area (Å²) in [6.45, 7) is 2.14. The third kappa shape index (κ3) is 2.08. The highest BCUT2D eigenvalue weighted by Crippen LogP contribution is 2.05. The Kier molecular flexibility index (Phi) is 2.68. The van der Waals surface area contributed by atoms with E-state index in [1.54, 1.807) is 31.6 Å². The summed E-state index contributed by atoms with van der Waals surface area (Å²) < 4.78 is 1.50. The van der Waals surface area contributed by atoms with E-state index in [1.807, 2.05) is 0 Å². The molecule has 0 spiro atoms. The largest absolute Gasteiger partial charge is 0.397 e. The van der Waals surface area contributed by atoms with Crippen molar-refractivity contribution >= 4 is 5.69 Å². The lowest BCUT2D eigenvalue weighted by atomic mass is 10.2. The number of nitrogens with two attached hydrogens (primary N) is 1. The molecule has 0 aliphatic rings. The first-order valence-corrected chi connectivity index (χ1v) is 4.89. The summed E-state index contributed by atoms with van der Waals surface area (Å²) in [6, 6.07) is 3.24. The summed E-state index contributed by atoms with van der Waals surface area (Å²) in [7, 11) is 0. The summed E-state index contributed by atoms with van der Waals surface area (Å²) in [6.07, 6.45) is 4.91. The Morgan fingerprint density at radius 3 is 2.75 bits per heavy atom. The first kappa shape index (κ1) is 10.4. The average molecular weight is 216 g/mol. The van der Waals surface area contributed by atoms with Gasteiger partial charge in [-0.3, -0.25) is 4.79 Å². The van der Waals surface area contributed by atoms with Gasteiger partial charge in [0.15, 0.2) is 0 Å². The number of nitrogens with zero attached hydrogens (tertiary/aromatic N) is 3. The van der Waals surface area contributed by atoms with E-state index in [1.165, 1.54) is 10.6 Å². The normalized spacial score (nSPS) is 10.3. The highest BCUT2D eigenvalue weighted by molar-refractivity contribution is 5.43. The van der Waals surface area contributed by atoms with Gasteiger partial charge in [0.2, 0.25) is 0 Å². The molecule has 0 aromatic carbocycles. The van der Waals surface area contributed by atoms with Crippen LogP contribution in [0.25, 0.3) is 0 Å². The van der Waals surface area contributed by atoms with Crippen molar-refractivity contribution in [1.29, 1.82) is 0 Å². The van der Waals surface area contributed by atoms with Gasteiger partial charge in [0.1, 0.15) is 5.82 Å². The molecule has 82 valence electrons. The SMILES string of the molecule is Cc1cc(=O)n(Cc2ncccn2)cc1N. The Labute approximate surface area is 92.6 Å². The zero-order valence-electron chi connectivity index (χ0n) is 8.92. The molecule has 0 aliphatic carbocycles. The van der Waals surface area contributed by atoms with Gasteiger partial charge in [0, 0.05) is 24.7 Å². The van der Waals surface area contributed by atoms with Crippen LogP contribution in [0.2, 0.25) is 0 Å². The quantitative estimate of drug-likeness (QED) is 0.796. The molecule has 2 aromatic heterocycles. The average Bonchev–Trinajstić information content (AvgIpc) is 2.27. The highest BCUT2D eigenvalue weighted by atomic mass is 16.1. The van der Waals surface area contributed by atoms with Gasteiger partial charge in [0.05, 0.1) is 12.2 Å². The van der Waals surface area contributed by atoms with Crippen LogP contribution < -0.4 is 11.3 Å². The van der Waals surface area contributed by atoms with Crippen molar-refractivity contribution in [1.82, 2.24) is 14.5 Å². The molecule has 0 aliphatic heterocycles. The van der Waals surface area contributed by atoms with E-state index in [2.05, 4.69) is 9.97 Å². The third-order valence-electron chi connectivity index (χ3n) is 2.30. The van der Waals surface area contributed by atoms with Crippen molar-refractivity contribution in [3.8, 4) is 0 Å². The fraction of sp³-hybridized carbons (Fsp3) is 0.182. The second-order valence-corrected chi connectivity index (χ2v) is 3.54. The highest BCUT2D eigenvalue weighted by Gasteiger charge is 2.02. The van der Waals surface area contributed by atoms with Gasteiger partial charge in [-0.25, -0.2) is 9.97 Å². The number of hydrogen-bond donors (Lipinski definition) is 1. The van der Waals surface area contributed by atoms with Crippen LogP contribution in [-0.2, 0) is 6.54 Å². The van der Waals surface area contributed by atoms with Crippen molar-refractivity contribution in [3.63, 3.8) is 0 Å². The van der Waals surface area contributed by atoms with Crippen LogP contribution in [0, 0.1) is 6.92 Å². The van der Waals surface area contributed by atoms with Crippen LogP contribution in [0.15, 0.2) is 35.5 Å². The standard InChI is InChI=1S/C11H12N4O/c1-8-5-11(16)15(6-9(8)12)7-10-13-3-2-4-14-10/h2-6H,7,12H2,1H3. The predicted octanol–water partition coefficient (Wildman–Crippen LogP) is 0.577. The maximum atomic E-state index is 11.6. The molecule has 0 bridgehead atoms. The van der Waals surface area contributed by atoms with Crippen LogP contribution >= 0.6 is 0 Å². The van der Waals surface area contributed by atoms with Crippen LogP contribution in [-0.4, -0.2) is 14.5 Å². The number of aromatic nitrogens is 3. The van der Waals surface area contributed by atoms with E-state index in [4.69, 9.17) is 5.73 Å². The molecule has 0 saturated heterocycles. The summed E-state index contributed by atoms with van der Waals surface area (Å²) in [4.78, 5) is 19.8. The molecule has 0 saturated carbocycles. The van der Waals surface area contributed by atoms with Crippen LogP contribution in [0.3, 0.4) is 0 Å². The number of aryl methyl sites for hydroxylation is 1. The molecular formula is C11H12N4O. The topological polar surface area (TPSA) is 73.8 Å². The fourth-order valence-electron chi connectivity index (χ4n) is 1.37. The summed E-state index contributed by atoms with van der Waals surface area (Å²) in [5, 5.41) is 0. The smallest absolute Gasteiger partial charge is 0.251 e. The summed E-state index contributed by atoms with van der Waals surface area (Å²) >= 11 is 0. The van der Waals surface area contributed by atoms with E-state index < -0.39 is 0 Å². The van der Waals surface area contributed by atoms with E-state index in [0.29, 0.717) is 18.1 Å². The van der Waals surface area contributed by atoms with Gasteiger partial charge in [-0.15, -0.1) is 0 Å². The fourth-order valence-corrected chi connectivity index (χ4v) is 1.37. The second kappa shape index (κ2) is 4.14. The molecule has 0 fully saturated rings. The molecular weight excluding hydrogens is 204 g/mol. The van der Waals surface area contributed by atoms with Crippen molar-refractivity contribution in [3.05, 3.63) is 52.5 Å². The molecule has 2 rings (SSSR count). The van der Waals surface area contributed by atoms with Crippen molar-refractivity contribution < 1.29 is 0 Å². The number of pyridine rings is 1. The van der Waals surface area contributed by atoms with E-state index in [0.717, 1.165) is 5.56 Å².